The van der Waals surface area contributed by atoms with Crippen LogP contribution in [-0.2, 0) is 14.3 Å². The maximum Gasteiger partial charge on any atom is 0.407 e. The van der Waals surface area contributed by atoms with Gasteiger partial charge in [-0.05, 0) is 33.6 Å². The van der Waals surface area contributed by atoms with Crippen molar-refractivity contribution in [2.75, 3.05) is 27.2 Å². The molecule has 0 unspecified atom stereocenters. The SMILES string of the molecule is COC(=O)N[C@](C)(C(=O)N(C)CCNC(=O)OC(C)(C)C)C(C)C. The first-order valence-electron chi connectivity index (χ1n) is 7.92. The van der Waals surface area contributed by atoms with Crippen molar-refractivity contribution in [1.29, 1.82) is 0 Å². The van der Waals surface area contributed by atoms with Crippen molar-refractivity contribution in [3.8, 4) is 0 Å². The Bertz CT molecular complexity index is 459. The summed E-state index contributed by atoms with van der Waals surface area (Å²) in [7, 11) is 2.85. The lowest BCUT2D eigenvalue weighted by molar-refractivity contribution is -0.138. The second kappa shape index (κ2) is 8.75. The summed E-state index contributed by atoms with van der Waals surface area (Å²) in [5.74, 6) is -0.417. The van der Waals surface area contributed by atoms with Crippen LogP contribution in [0.2, 0.25) is 0 Å². The van der Waals surface area contributed by atoms with Crippen LogP contribution in [0, 0.1) is 5.92 Å². The summed E-state index contributed by atoms with van der Waals surface area (Å²) in [6, 6.07) is 0. The van der Waals surface area contributed by atoms with Gasteiger partial charge in [0.1, 0.15) is 11.1 Å². The summed E-state index contributed by atoms with van der Waals surface area (Å²) in [5, 5.41) is 5.18. The van der Waals surface area contributed by atoms with Crippen LogP contribution in [0.15, 0.2) is 0 Å². The minimum atomic E-state index is -1.10. The normalized spacial score (nSPS) is 13.7. The van der Waals surface area contributed by atoms with E-state index in [1.54, 1.807) is 34.7 Å². The lowest BCUT2D eigenvalue weighted by Gasteiger charge is -2.36. The zero-order valence-corrected chi connectivity index (χ0v) is 16.0. The molecule has 0 aliphatic heterocycles. The third kappa shape index (κ3) is 7.06. The van der Waals surface area contributed by atoms with Gasteiger partial charge in [0.15, 0.2) is 0 Å². The van der Waals surface area contributed by atoms with Gasteiger partial charge >= 0.3 is 12.2 Å². The molecule has 0 spiro atoms. The van der Waals surface area contributed by atoms with Gasteiger partial charge in [0.05, 0.1) is 7.11 Å². The van der Waals surface area contributed by atoms with E-state index >= 15 is 0 Å². The van der Waals surface area contributed by atoms with Gasteiger partial charge in [-0.25, -0.2) is 9.59 Å². The van der Waals surface area contributed by atoms with E-state index in [4.69, 9.17) is 4.74 Å². The lowest BCUT2D eigenvalue weighted by Crippen LogP contribution is -2.60. The highest BCUT2D eigenvalue weighted by Gasteiger charge is 2.40. The monoisotopic (exact) mass is 345 g/mol. The summed E-state index contributed by atoms with van der Waals surface area (Å²) in [5.41, 5.74) is -1.68. The molecule has 0 saturated carbocycles. The van der Waals surface area contributed by atoms with Gasteiger partial charge < -0.3 is 25.0 Å². The zero-order valence-electron chi connectivity index (χ0n) is 16.0. The standard InChI is InChI=1S/C16H31N3O5/c1-11(2)16(6,18-14(22)23-8)12(20)19(7)10-9-17-13(21)24-15(3,4)5/h11H,9-10H2,1-8H3,(H,17,21)(H,18,22)/t16-/m0/s1. The fourth-order valence-electron chi connectivity index (χ4n) is 1.85. The van der Waals surface area contributed by atoms with Crippen LogP contribution in [0.1, 0.15) is 41.5 Å². The number of carbonyl (C=O) groups is 3. The Morgan fingerprint density at radius 2 is 1.62 bits per heavy atom. The molecule has 0 rings (SSSR count). The van der Waals surface area contributed by atoms with Gasteiger partial charge in [-0.1, -0.05) is 13.8 Å². The van der Waals surface area contributed by atoms with Gasteiger partial charge in [-0.3, -0.25) is 4.79 Å². The maximum atomic E-state index is 12.7. The van der Waals surface area contributed by atoms with Crippen molar-refractivity contribution >= 4 is 18.1 Å². The molecule has 8 nitrogen and oxygen atoms in total. The highest BCUT2D eigenvalue weighted by atomic mass is 16.6. The average Bonchev–Trinajstić information content (AvgIpc) is 2.43. The summed E-state index contributed by atoms with van der Waals surface area (Å²) in [4.78, 5) is 37.2. The van der Waals surface area contributed by atoms with Crippen molar-refractivity contribution in [3.05, 3.63) is 0 Å². The number of hydrogen-bond donors (Lipinski definition) is 2. The molecule has 0 aliphatic rings. The van der Waals surface area contributed by atoms with Crippen LogP contribution in [0.5, 0.6) is 0 Å². The Morgan fingerprint density at radius 3 is 2.04 bits per heavy atom. The molecule has 1 atom stereocenters. The topological polar surface area (TPSA) is 97.0 Å². The van der Waals surface area contributed by atoms with E-state index < -0.39 is 23.3 Å². The van der Waals surface area contributed by atoms with Crippen molar-refractivity contribution in [1.82, 2.24) is 15.5 Å². The van der Waals surface area contributed by atoms with E-state index in [-0.39, 0.29) is 24.9 Å². The molecule has 24 heavy (non-hydrogen) atoms. The molecular formula is C16H31N3O5. The van der Waals surface area contributed by atoms with E-state index in [1.165, 1.54) is 12.0 Å². The largest absolute Gasteiger partial charge is 0.453 e. The number of nitrogens with zero attached hydrogens (tertiary/aromatic N) is 1. The van der Waals surface area contributed by atoms with Crippen molar-refractivity contribution in [2.24, 2.45) is 5.92 Å². The number of hydrogen-bond acceptors (Lipinski definition) is 5. The second-order valence-corrected chi connectivity index (χ2v) is 7.13. The Kier molecular flexibility index (Phi) is 8.02. The van der Waals surface area contributed by atoms with Crippen molar-refractivity contribution in [3.63, 3.8) is 0 Å². The number of alkyl carbamates (subject to hydrolysis) is 2. The Labute approximate surface area is 144 Å². The Balaban J connectivity index is 4.67. The maximum absolute atomic E-state index is 12.7. The molecule has 140 valence electrons. The number of methoxy groups -OCH3 is 1. The van der Waals surface area contributed by atoms with E-state index in [0.717, 1.165) is 0 Å². The third-order valence-corrected chi connectivity index (χ3v) is 3.61. The van der Waals surface area contributed by atoms with E-state index in [9.17, 15) is 14.4 Å². The summed E-state index contributed by atoms with van der Waals surface area (Å²) in [6.45, 7) is 11.2. The first-order valence-corrected chi connectivity index (χ1v) is 7.92. The van der Waals surface area contributed by atoms with Crippen LogP contribution in [0.25, 0.3) is 0 Å². The molecule has 0 bridgehead atoms. The second-order valence-electron chi connectivity index (χ2n) is 7.13. The summed E-state index contributed by atoms with van der Waals surface area (Å²) in [6.07, 6.45) is -1.21. The smallest absolute Gasteiger partial charge is 0.407 e. The Hall–Kier alpha value is -1.99. The van der Waals surface area contributed by atoms with E-state index in [2.05, 4.69) is 15.4 Å². The molecule has 0 aromatic heterocycles. The number of nitrogens with one attached hydrogen (secondary N) is 2. The molecule has 3 amide bonds. The van der Waals surface area contributed by atoms with Crippen LogP contribution in [0.3, 0.4) is 0 Å². The third-order valence-electron chi connectivity index (χ3n) is 3.61. The number of rotatable bonds is 6. The van der Waals surface area contributed by atoms with Gasteiger partial charge in [-0.2, -0.15) is 0 Å². The molecule has 0 saturated heterocycles. The number of likely N-dealkylation sites (N-methyl/N-ethyl adjacent to an activating group) is 1. The zero-order chi connectivity index (χ0) is 19.1. The molecular weight excluding hydrogens is 314 g/mol. The number of amides is 3. The van der Waals surface area contributed by atoms with Crippen LogP contribution in [0.4, 0.5) is 9.59 Å². The van der Waals surface area contributed by atoms with Gasteiger partial charge in [0.25, 0.3) is 0 Å². The molecule has 0 aromatic rings. The molecule has 0 aromatic carbocycles. The van der Waals surface area contributed by atoms with Gasteiger partial charge in [-0.15, -0.1) is 0 Å². The molecule has 0 fully saturated rings. The quantitative estimate of drug-likeness (QED) is 0.764. The van der Waals surface area contributed by atoms with Gasteiger partial charge in [0.2, 0.25) is 5.91 Å². The van der Waals surface area contributed by atoms with E-state index in [1.807, 2.05) is 13.8 Å². The van der Waals surface area contributed by atoms with Crippen LogP contribution >= 0.6 is 0 Å². The summed E-state index contributed by atoms with van der Waals surface area (Å²) < 4.78 is 9.72. The minimum Gasteiger partial charge on any atom is -0.453 e. The number of ether oxygens (including phenoxy) is 2. The van der Waals surface area contributed by atoms with Crippen molar-refractivity contribution in [2.45, 2.75) is 52.7 Å². The number of carbonyl (C=O) groups excluding carboxylic acids is 3. The highest BCUT2D eigenvalue weighted by Crippen LogP contribution is 2.19. The first kappa shape index (κ1) is 22.0. The lowest BCUT2D eigenvalue weighted by atomic mass is 9.87. The van der Waals surface area contributed by atoms with Crippen molar-refractivity contribution < 1.29 is 23.9 Å². The summed E-state index contributed by atoms with van der Waals surface area (Å²) >= 11 is 0. The molecule has 8 heteroatoms. The van der Waals surface area contributed by atoms with Crippen LogP contribution < -0.4 is 10.6 Å². The molecule has 0 aliphatic carbocycles. The fraction of sp³-hybridized carbons (Fsp3) is 0.812. The predicted molar refractivity (Wildman–Crippen MR) is 90.7 cm³/mol. The van der Waals surface area contributed by atoms with Gasteiger partial charge in [0, 0.05) is 20.1 Å². The average molecular weight is 345 g/mol. The first-order chi connectivity index (χ1) is 10.8. The highest BCUT2D eigenvalue weighted by molar-refractivity contribution is 5.89. The Morgan fingerprint density at radius 1 is 1.08 bits per heavy atom. The minimum absolute atomic E-state index is 0.148. The van der Waals surface area contributed by atoms with E-state index in [0.29, 0.717) is 0 Å². The predicted octanol–water partition coefficient (Wildman–Crippen LogP) is 1.74. The fourth-order valence-corrected chi connectivity index (χ4v) is 1.85. The van der Waals surface area contributed by atoms with Crippen LogP contribution in [-0.4, -0.2) is 61.4 Å². The molecule has 0 radical (unpaired) electrons. The molecule has 0 heterocycles. The molecule has 2 N–H and O–H groups in total.